The molecule has 0 aliphatic carbocycles. The molecule has 2 aromatic rings. The van der Waals surface area contributed by atoms with Crippen LogP contribution >= 0.6 is 0 Å². The smallest absolute Gasteiger partial charge is 0.119 e. The monoisotopic (exact) mass is 369 g/mol. The minimum Gasteiger partial charge on any atom is -0.508 e. The molecule has 89 valence electrons. The predicted molar refractivity (Wildman–Crippen MR) is 66.8 cm³/mol. The number of aromatic hydroxyl groups is 3. The van der Waals surface area contributed by atoms with Gasteiger partial charge in [-0.1, -0.05) is 24.3 Å². The van der Waals surface area contributed by atoms with E-state index in [1.165, 1.54) is 6.07 Å². The van der Waals surface area contributed by atoms with E-state index in [4.69, 9.17) is 5.11 Å². The van der Waals surface area contributed by atoms with Gasteiger partial charge in [-0.3, -0.25) is 0 Å². The topological polar surface area (TPSA) is 60.7 Å². The first-order chi connectivity index (χ1) is 8.13. The van der Waals surface area contributed by atoms with Crippen LogP contribution in [0.5, 0.6) is 17.2 Å². The summed E-state index contributed by atoms with van der Waals surface area (Å²) in [6.07, 6.45) is 3.60. The van der Waals surface area contributed by atoms with Crippen molar-refractivity contribution in [1.82, 2.24) is 0 Å². The van der Waals surface area contributed by atoms with E-state index in [-0.39, 0.29) is 58.5 Å². The van der Waals surface area contributed by atoms with Crippen molar-refractivity contribution in [3.8, 4) is 17.2 Å². The minimum absolute atomic E-state index is 0. The molecule has 0 aromatic heterocycles. The Hall–Kier alpha value is -1.06. The molecule has 4 heteroatoms. The molecule has 0 aliphatic heterocycles. The second kappa shape index (κ2) is 6.76. The van der Waals surface area contributed by atoms with E-state index in [9.17, 15) is 10.2 Å². The molecule has 0 fully saturated rings. The quantitative estimate of drug-likeness (QED) is 0.714. The maximum Gasteiger partial charge on any atom is 0.119 e. The summed E-state index contributed by atoms with van der Waals surface area (Å²) in [5.41, 5.74) is 1.63. The molecule has 0 saturated carbocycles. The van der Waals surface area contributed by atoms with Crippen LogP contribution in [0.25, 0.3) is 12.2 Å². The first-order valence-corrected chi connectivity index (χ1v) is 5.13. The van der Waals surface area contributed by atoms with E-state index in [0.717, 1.165) is 5.56 Å². The van der Waals surface area contributed by atoms with Crippen LogP contribution in [0.2, 0.25) is 0 Å². The molecule has 0 amide bonds. The van der Waals surface area contributed by atoms with Gasteiger partial charge in [0.05, 0.1) is 0 Å². The minimum atomic E-state index is 0. The van der Waals surface area contributed by atoms with Gasteiger partial charge in [0.2, 0.25) is 0 Å². The van der Waals surface area contributed by atoms with Crippen molar-refractivity contribution in [3.05, 3.63) is 53.6 Å². The van der Waals surface area contributed by atoms with E-state index in [1.54, 1.807) is 42.5 Å². The fourth-order valence-corrected chi connectivity index (χ4v) is 1.49. The Morgan fingerprint density at radius 2 is 1.11 bits per heavy atom. The van der Waals surface area contributed by atoms with Gasteiger partial charge in [-0.05, 0) is 35.4 Å². The summed E-state index contributed by atoms with van der Waals surface area (Å²) in [7, 11) is 0. The molecule has 0 heterocycles. The van der Waals surface area contributed by atoms with Crippen LogP contribution < -0.4 is 0 Å². The van der Waals surface area contributed by atoms with Crippen molar-refractivity contribution in [2.75, 3.05) is 0 Å². The Morgan fingerprint density at radius 1 is 0.611 bits per heavy atom. The van der Waals surface area contributed by atoms with Crippen LogP contribution in [0.15, 0.2) is 42.5 Å². The first kappa shape index (κ1) is 15.0. The fourth-order valence-electron chi connectivity index (χ4n) is 1.49. The number of benzene rings is 2. The molecule has 0 aliphatic rings. The number of hydrogen-bond acceptors (Lipinski definition) is 3. The van der Waals surface area contributed by atoms with Crippen molar-refractivity contribution in [1.29, 1.82) is 0 Å². The third-order valence-corrected chi connectivity index (χ3v) is 2.29. The average Bonchev–Trinajstić information content (AvgIpc) is 2.27. The molecule has 2 rings (SSSR count). The summed E-state index contributed by atoms with van der Waals surface area (Å²) in [5, 5.41) is 27.7. The first-order valence-electron chi connectivity index (χ1n) is 5.13. The van der Waals surface area contributed by atoms with E-state index in [1.807, 2.05) is 6.08 Å². The average molecular weight is 369 g/mol. The van der Waals surface area contributed by atoms with Crippen LogP contribution in [0.4, 0.5) is 0 Å². The predicted octanol–water partition coefficient (Wildman–Crippen LogP) is 2.97. The third kappa shape index (κ3) is 4.32. The third-order valence-electron chi connectivity index (χ3n) is 2.29. The summed E-state index contributed by atoms with van der Waals surface area (Å²) in [4.78, 5) is 0. The van der Waals surface area contributed by atoms with Gasteiger partial charge in [0.1, 0.15) is 17.2 Å². The normalized spacial score (nSPS) is 10.2. The Labute approximate surface area is 138 Å². The van der Waals surface area contributed by atoms with Crippen molar-refractivity contribution < 1.29 is 56.6 Å². The van der Waals surface area contributed by atoms with E-state index in [0.29, 0.717) is 5.56 Å². The molecule has 0 saturated heterocycles. The molecule has 0 atom stereocenters. The van der Waals surface area contributed by atoms with Gasteiger partial charge in [-0.15, -0.1) is 0 Å². The van der Waals surface area contributed by atoms with E-state index >= 15 is 0 Å². The van der Waals surface area contributed by atoms with Crippen molar-refractivity contribution >= 4 is 12.2 Å². The summed E-state index contributed by atoms with van der Waals surface area (Å²) in [6.45, 7) is 0. The van der Waals surface area contributed by atoms with Crippen LogP contribution in [-0.2, 0) is 0 Å². The Bertz CT molecular complexity index is 527. The number of phenols is 3. The molecule has 2 aromatic carbocycles. The second-order valence-electron chi connectivity index (χ2n) is 3.71. The zero-order chi connectivity index (χ0) is 12.3. The van der Waals surface area contributed by atoms with Crippen LogP contribution in [-0.4, -0.2) is 15.3 Å². The Balaban J connectivity index is 0.00000162. The van der Waals surface area contributed by atoms with Gasteiger partial charge >= 0.3 is 0 Å². The molecule has 3 nitrogen and oxygen atoms in total. The zero-order valence-corrected chi connectivity index (χ0v) is 13.3. The summed E-state index contributed by atoms with van der Waals surface area (Å²) in [5.74, 6) is 0.267. The number of hydrogen-bond donors (Lipinski definition) is 3. The van der Waals surface area contributed by atoms with Crippen LogP contribution in [0.1, 0.15) is 11.1 Å². The van der Waals surface area contributed by atoms with Gasteiger partial charge in [0.25, 0.3) is 0 Å². The molecule has 18 heavy (non-hydrogen) atoms. The van der Waals surface area contributed by atoms with Crippen LogP contribution in [0, 0.1) is 41.3 Å². The van der Waals surface area contributed by atoms with Gasteiger partial charge in [-0.25, -0.2) is 0 Å². The second-order valence-corrected chi connectivity index (χ2v) is 3.71. The number of phenolic OH excluding ortho intramolecular Hbond substituents is 3. The number of rotatable bonds is 2. The van der Waals surface area contributed by atoms with E-state index < -0.39 is 0 Å². The molecule has 1 radical (unpaired) electrons. The Morgan fingerprint density at radius 3 is 1.67 bits per heavy atom. The maximum absolute atomic E-state index is 9.30. The molecule has 0 unspecified atom stereocenters. The fraction of sp³-hybridized carbons (Fsp3) is 0. The molecular weight excluding hydrogens is 357 g/mol. The largest absolute Gasteiger partial charge is 0.508 e. The molecular formula is C14H12O3Pr. The van der Waals surface area contributed by atoms with Gasteiger partial charge in [0.15, 0.2) is 0 Å². The molecule has 3 N–H and O–H groups in total. The molecule has 0 bridgehead atoms. The van der Waals surface area contributed by atoms with Crippen LogP contribution in [0.3, 0.4) is 0 Å². The SMILES string of the molecule is Oc1ccc(/C=C/c2cc(O)cc(O)c2)cc1.[Pr]. The van der Waals surface area contributed by atoms with Gasteiger partial charge < -0.3 is 15.3 Å². The Kier molecular flexibility index (Phi) is 5.64. The summed E-state index contributed by atoms with van der Waals surface area (Å²) >= 11 is 0. The van der Waals surface area contributed by atoms with Gasteiger partial charge in [0, 0.05) is 47.4 Å². The standard InChI is InChI=1S/C14H12O3.Pr/c15-12-5-3-10(4-6-12)1-2-11-7-13(16)9-14(17)8-11;/h1-9,15-17H;/b2-1+;. The summed E-state index contributed by atoms with van der Waals surface area (Å²) < 4.78 is 0. The maximum atomic E-state index is 9.30. The zero-order valence-electron chi connectivity index (χ0n) is 9.62. The van der Waals surface area contributed by atoms with E-state index in [2.05, 4.69) is 0 Å². The van der Waals surface area contributed by atoms with Crippen molar-refractivity contribution in [2.45, 2.75) is 0 Å². The van der Waals surface area contributed by atoms with Gasteiger partial charge in [-0.2, -0.15) is 0 Å². The van der Waals surface area contributed by atoms with Crippen molar-refractivity contribution in [3.63, 3.8) is 0 Å². The summed E-state index contributed by atoms with van der Waals surface area (Å²) in [6, 6.07) is 11.1. The van der Waals surface area contributed by atoms with Crippen molar-refractivity contribution in [2.24, 2.45) is 0 Å². The molecule has 0 spiro atoms.